The number of aromatic carboxylic acids is 1. The highest BCUT2D eigenvalue weighted by atomic mass is 35.5. The zero-order chi connectivity index (χ0) is 20.5. The summed E-state index contributed by atoms with van der Waals surface area (Å²) in [6.07, 6.45) is 5.15. The van der Waals surface area contributed by atoms with Gasteiger partial charge in [0, 0.05) is 5.92 Å². The number of allylic oxidation sites excluding steroid dienone is 2. The molecule has 29 heavy (non-hydrogen) atoms. The van der Waals surface area contributed by atoms with E-state index >= 15 is 0 Å². The van der Waals surface area contributed by atoms with Gasteiger partial charge in [0.1, 0.15) is 5.75 Å². The SMILES string of the molecule is COC(=O)COc1ccc([C@@H]2Nc3c(Cl)cc(C(=O)O)cc3[C@@H]3C=CC[C@@H]32)cc1. The second-order valence-electron chi connectivity index (χ2n) is 7.14. The largest absolute Gasteiger partial charge is 0.482 e. The Hall–Kier alpha value is -2.99. The first kappa shape index (κ1) is 19.3. The third-order valence-electron chi connectivity index (χ3n) is 5.49. The van der Waals surface area contributed by atoms with E-state index in [0.717, 1.165) is 23.2 Å². The Kier molecular flexibility index (Phi) is 5.20. The highest BCUT2D eigenvalue weighted by Gasteiger charge is 2.39. The molecule has 2 N–H and O–H groups in total. The standard InChI is InChI=1S/C22H20ClNO5/c1-28-19(25)11-29-14-7-5-12(6-8-14)20-16-4-2-3-15(16)17-9-13(22(26)27)10-18(23)21(17)24-20/h2-3,5-10,15-16,20,24H,4,11H2,1H3,(H,26,27)/t15-,16+,20+/m1/s1. The Bertz CT molecular complexity index is 985. The molecule has 6 nitrogen and oxygen atoms in total. The maximum atomic E-state index is 11.4. The number of benzene rings is 2. The van der Waals surface area contributed by atoms with E-state index in [4.69, 9.17) is 16.3 Å². The molecule has 7 heteroatoms. The minimum absolute atomic E-state index is 0.0188. The molecule has 0 fully saturated rings. The van der Waals surface area contributed by atoms with E-state index in [1.165, 1.54) is 13.2 Å². The van der Waals surface area contributed by atoms with Gasteiger partial charge in [-0.25, -0.2) is 9.59 Å². The van der Waals surface area contributed by atoms with Crippen LogP contribution in [0.5, 0.6) is 5.75 Å². The fourth-order valence-electron chi connectivity index (χ4n) is 4.08. The molecule has 2 aromatic rings. The number of esters is 1. The van der Waals surface area contributed by atoms with E-state index < -0.39 is 11.9 Å². The highest BCUT2D eigenvalue weighted by Crippen LogP contribution is 2.51. The van der Waals surface area contributed by atoms with Crippen molar-refractivity contribution in [2.24, 2.45) is 5.92 Å². The number of rotatable bonds is 5. The lowest BCUT2D eigenvalue weighted by molar-refractivity contribution is -0.142. The minimum atomic E-state index is -0.988. The van der Waals surface area contributed by atoms with Crippen molar-refractivity contribution in [1.29, 1.82) is 0 Å². The van der Waals surface area contributed by atoms with Crippen LogP contribution in [0.15, 0.2) is 48.6 Å². The average molecular weight is 414 g/mol. The van der Waals surface area contributed by atoms with Crippen LogP contribution in [0.4, 0.5) is 5.69 Å². The van der Waals surface area contributed by atoms with Gasteiger partial charge in [-0.2, -0.15) is 0 Å². The van der Waals surface area contributed by atoms with Gasteiger partial charge >= 0.3 is 11.9 Å². The molecule has 1 heterocycles. The molecular formula is C22H20ClNO5. The molecule has 0 aromatic heterocycles. The van der Waals surface area contributed by atoms with Crippen LogP contribution >= 0.6 is 11.6 Å². The van der Waals surface area contributed by atoms with E-state index in [1.807, 2.05) is 24.3 Å². The molecular weight excluding hydrogens is 394 g/mol. The Balaban J connectivity index is 1.62. The number of methoxy groups -OCH3 is 1. The second-order valence-corrected chi connectivity index (χ2v) is 7.54. The zero-order valence-electron chi connectivity index (χ0n) is 15.7. The van der Waals surface area contributed by atoms with Crippen molar-refractivity contribution in [3.8, 4) is 5.75 Å². The van der Waals surface area contributed by atoms with Crippen molar-refractivity contribution in [2.75, 3.05) is 19.0 Å². The number of carboxylic acids is 1. The van der Waals surface area contributed by atoms with Gasteiger partial charge in [-0.3, -0.25) is 0 Å². The summed E-state index contributed by atoms with van der Waals surface area (Å²) in [5, 5.41) is 13.3. The van der Waals surface area contributed by atoms with Gasteiger partial charge in [0.15, 0.2) is 6.61 Å². The number of ether oxygens (including phenoxy) is 2. The zero-order valence-corrected chi connectivity index (χ0v) is 16.5. The number of halogens is 1. The van der Waals surface area contributed by atoms with Crippen LogP contribution < -0.4 is 10.1 Å². The molecule has 150 valence electrons. The van der Waals surface area contributed by atoms with Crippen molar-refractivity contribution >= 4 is 29.2 Å². The minimum Gasteiger partial charge on any atom is -0.482 e. The summed E-state index contributed by atoms with van der Waals surface area (Å²) in [4.78, 5) is 22.7. The van der Waals surface area contributed by atoms with Gasteiger partial charge < -0.3 is 19.9 Å². The lowest BCUT2D eigenvalue weighted by atomic mass is 9.76. The van der Waals surface area contributed by atoms with Crippen LogP contribution in [-0.4, -0.2) is 30.8 Å². The van der Waals surface area contributed by atoms with Crippen molar-refractivity contribution in [3.63, 3.8) is 0 Å². The van der Waals surface area contributed by atoms with Gasteiger partial charge in [-0.1, -0.05) is 35.9 Å². The summed E-state index contributed by atoms with van der Waals surface area (Å²) < 4.78 is 9.99. The highest BCUT2D eigenvalue weighted by molar-refractivity contribution is 6.33. The summed E-state index contributed by atoms with van der Waals surface area (Å²) >= 11 is 6.43. The number of hydrogen-bond acceptors (Lipinski definition) is 5. The molecule has 0 saturated carbocycles. The number of nitrogens with one attached hydrogen (secondary N) is 1. The summed E-state index contributed by atoms with van der Waals surface area (Å²) in [6.45, 7) is -0.138. The van der Waals surface area contributed by atoms with Crippen molar-refractivity contribution < 1.29 is 24.2 Å². The van der Waals surface area contributed by atoms with E-state index in [0.29, 0.717) is 10.8 Å². The number of anilines is 1. The van der Waals surface area contributed by atoms with Gasteiger partial charge in [0.2, 0.25) is 0 Å². The molecule has 0 spiro atoms. The number of carbonyl (C=O) groups is 2. The van der Waals surface area contributed by atoms with Crippen LogP contribution in [0, 0.1) is 5.92 Å². The molecule has 3 atom stereocenters. The van der Waals surface area contributed by atoms with Crippen LogP contribution in [0.1, 0.15) is 39.9 Å². The molecule has 4 rings (SSSR count). The van der Waals surface area contributed by atoms with E-state index in [1.54, 1.807) is 6.07 Å². The first-order valence-corrected chi connectivity index (χ1v) is 9.65. The topological polar surface area (TPSA) is 84.9 Å². The second kappa shape index (κ2) is 7.79. The third-order valence-corrected chi connectivity index (χ3v) is 5.79. The molecule has 1 aliphatic carbocycles. The van der Waals surface area contributed by atoms with Crippen LogP contribution in [-0.2, 0) is 9.53 Å². The maximum Gasteiger partial charge on any atom is 0.343 e. The van der Waals surface area contributed by atoms with Crippen LogP contribution in [0.2, 0.25) is 5.02 Å². The number of carboxylic acid groups (broad SMARTS) is 1. The average Bonchev–Trinajstić information content (AvgIpc) is 3.22. The fraction of sp³-hybridized carbons (Fsp3) is 0.273. The molecule has 0 radical (unpaired) electrons. The molecule has 0 saturated heterocycles. The number of carbonyl (C=O) groups excluding carboxylic acids is 1. The van der Waals surface area contributed by atoms with Crippen LogP contribution in [0.3, 0.4) is 0 Å². The Morgan fingerprint density at radius 3 is 2.69 bits per heavy atom. The molecule has 1 aliphatic heterocycles. The predicted molar refractivity (Wildman–Crippen MR) is 109 cm³/mol. The number of hydrogen-bond donors (Lipinski definition) is 2. The van der Waals surface area contributed by atoms with Crippen LogP contribution in [0.25, 0.3) is 0 Å². The summed E-state index contributed by atoms with van der Waals surface area (Å²) in [5.41, 5.74) is 2.96. The molecule has 2 aromatic carbocycles. The number of fused-ring (bicyclic) bond motifs is 3. The monoisotopic (exact) mass is 413 g/mol. The normalized spacial score (nSPS) is 21.7. The van der Waals surface area contributed by atoms with Crippen molar-refractivity contribution in [1.82, 2.24) is 0 Å². The Labute approximate surface area is 173 Å². The predicted octanol–water partition coefficient (Wildman–Crippen LogP) is 4.42. The summed E-state index contributed by atoms with van der Waals surface area (Å²) in [5.74, 6) is -0.485. The molecule has 2 aliphatic rings. The van der Waals surface area contributed by atoms with Gasteiger partial charge in [0.05, 0.1) is 29.4 Å². The van der Waals surface area contributed by atoms with Gasteiger partial charge in [-0.05, 0) is 47.7 Å². The van der Waals surface area contributed by atoms with E-state index in [-0.39, 0.29) is 30.0 Å². The lowest BCUT2D eigenvalue weighted by Gasteiger charge is -2.38. The Morgan fingerprint density at radius 1 is 1.24 bits per heavy atom. The van der Waals surface area contributed by atoms with Gasteiger partial charge in [0.25, 0.3) is 0 Å². The first-order valence-electron chi connectivity index (χ1n) is 9.27. The quantitative estimate of drug-likeness (QED) is 0.557. The third kappa shape index (κ3) is 3.68. The first-order chi connectivity index (χ1) is 14.0. The van der Waals surface area contributed by atoms with Gasteiger partial charge in [-0.15, -0.1) is 0 Å². The summed E-state index contributed by atoms with van der Waals surface area (Å²) in [6, 6.07) is 10.8. The Morgan fingerprint density at radius 2 is 2.00 bits per heavy atom. The maximum absolute atomic E-state index is 11.4. The smallest absolute Gasteiger partial charge is 0.343 e. The summed E-state index contributed by atoms with van der Waals surface area (Å²) in [7, 11) is 1.32. The van der Waals surface area contributed by atoms with Crippen molar-refractivity contribution in [3.05, 3.63) is 70.3 Å². The molecule has 0 unspecified atom stereocenters. The lowest BCUT2D eigenvalue weighted by Crippen LogP contribution is -2.29. The van der Waals surface area contributed by atoms with E-state index in [2.05, 4.69) is 22.2 Å². The molecule has 0 amide bonds. The fourth-order valence-corrected chi connectivity index (χ4v) is 4.36. The van der Waals surface area contributed by atoms with E-state index in [9.17, 15) is 14.7 Å². The van der Waals surface area contributed by atoms with Crippen molar-refractivity contribution in [2.45, 2.75) is 18.4 Å². The molecule has 0 bridgehead atoms.